The quantitative estimate of drug-likeness (QED) is 0.809. The molecule has 0 aliphatic carbocycles. The van der Waals surface area contributed by atoms with Crippen molar-refractivity contribution in [1.29, 1.82) is 0 Å². The summed E-state index contributed by atoms with van der Waals surface area (Å²) in [6.07, 6.45) is 2.14. The molecule has 0 bridgehead atoms. The minimum Gasteiger partial charge on any atom is -0.358 e. The summed E-state index contributed by atoms with van der Waals surface area (Å²) in [7, 11) is 0. The molecule has 0 aromatic heterocycles. The van der Waals surface area contributed by atoms with E-state index in [4.69, 9.17) is 12.2 Å². The minimum atomic E-state index is -0.314. The molecule has 1 aromatic rings. The van der Waals surface area contributed by atoms with E-state index < -0.39 is 0 Å². The molecule has 1 aliphatic rings. The molecule has 0 radical (unpaired) electrons. The molecule has 0 saturated carbocycles. The lowest BCUT2D eigenvalue weighted by Crippen LogP contribution is -2.60. The molecule has 1 heterocycles. The van der Waals surface area contributed by atoms with Gasteiger partial charge < -0.3 is 15.5 Å². The number of nitrogens with one attached hydrogen (secondary N) is 2. The van der Waals surface area contributed by atoms with Crippen LogP contribution in [-0.2, 0) is 4.79 Å². The predicted octanol–water partition coefficient (Wildman–Crippen LogP) is 3.29. The number of hydrogen-bond donors (Lipinski definition) is 2. The summed E-state index contributed by atoms with van der Waals surface area (Å²) in [4.78, 5) is 14.1. The van der Waals surface area contributed by atoms with Crippen molar-refractivity contribution in [3.05, 3.63) is 30.1 Å². The summed E-state index contributed by atoms with van der Waals surface area (Å²) >= 11 is 5.43. The Morgan fingerprint density at radius 1 is 1.43 bits per heavy atom. The highest BCUT2D eigenvalue weighted by atomic mass is 32.1. The van der Waals surface area contributed by atoms with Gasteiger partial charge >= 0.3 is 0 Å². The van der Waals surface area contributed by atoms with Crippen LogP contribution in [0.5, 0.6) is 0 Å². The average Bonchev–Trinajstić information content (AvgIpc) is 2.43. The van der Waals surface area contributed by atoms with Gasteiger partial charge in [0, 0.05) is 30.2 Å². The Hall–Kier alpha value is -1.69. The Labute approximate surface area is 142 Å². The number of hydrogen-bond acceptors (Lipinski definition) is 2. The van der Waals surface area contributed by atoms with Crippen LogP contribution < -0.4 is 10.6 Å². The maximum absolute atomic E-state index is 12.8. The standard InChI is InChI=1S/C17H24FN3OS/c1-12-11-17(2,3)20-16(23)21(12)10-4-5-15(22)19-14-8-6-13(18)7-9-14/h6-9,12H,4-5,10-11H2,1-3H3,(H,19,22)(H,20,23)/t12-/m0/s1. The van der Waals surface area contributed by atoms with Crippen LogP contribution in [0.25, 0.3) is 0 Å². The first-order chi connectivity index (χ1) is 10.8. The van der Waals surface area contributed by atoms with Crippen molar-refractivity contribution >= 4 is 28.9 Å². The highest BCUT2D eigenvalue weighted by molar-refractivity contribution is 7.80. The molecule has 1 saturated heterocycles. The SMILES string of the molecule is C[C@H]1CC(C)(C)NC(=S)N1CCCC(=O)Nc1ccc(F)cc1. The summed E-state index contributed by atoms with van der Waals surface area (Å²) in [5.41, 5.74) is 0.633. The molecule has 1 amide bonds. The summed E-state index contributed by atoms with van der Waals surface area (Å²) < 4.78 is 12.8. The molecule has 2 rings (SSSR count). The Morgan fingerprint density at radius 3 is 2.70 bits per heavy atom. The number of halogens is 1. The third kappa shape index (κ3) is 5.16. The third-order valence-electron chi connectivity index (χ3n) is 3.97. The van der Waals surface area contributed by atoms with Gasteiger partial charge in [0.15, 0.2) is 5.11 Å². The van der Waals surface area contributed by atoms with E-state index in [-0.39, 0.29) is 17.3 Å². The molecule has 1 atom stereocenters. The first-order valence-corrected chi connectivity index (χ1v) is 8.32. The minimum absolute atomic E-state index is 0.0208. The zero-order valence-electron chi connectivity index (χ0n) is 13.9. The van der Waals surface area contributed by atoms with Gasteiger partial charge in [0.05, 0.1) is 0 Å². The molecule has 0 spiro atoms. The van der Waals surface area contributed by atoms with Crippen LogP contribution in [0, 0.1) is 5.82 Å². The van der Waals surface area contributed by atoms with Gasteiger partial charge in [0.25, 0.3) is 0 Å². The number of carbonyl (C=O) groups is 1. The van der Waals surface area contributed by atoms with Crippen LogP contribution in [0.4, 0.5) is 10.1 Å². The first kappa shape index (κ1) is 17.7. The maximum atomic E-state index is 12.8. The van der Waals surface area contributed by atoms with Crippen molar-refractivity contribution in [2.75, 3.05) is 11.9 Å². The van der Waals surface area contributed by atoms with Gasteiger partial charge in [-0.2, -0.15) is 0 Å². The highest BCUT2D eigenvalue weighted by Gasteiger charge is 2.32. The third-order valence-corrected chi connectivity index (χ3v) is 4.31. The number of amides is 1. The summed E-state index contributed by atoms with van der Waals surface area (Å²) in [6.45, 7) is 7.19. The number of anilines is 1. The van der Waals surface area contributed by atoms with Crippen molar-refractivity contribution in [2.45, 2.75) is 51.6 Å². The van der Waals surface area contributed by atoms with Crippen molar-refractivity contribution in [1.82, 2.24) is 10.2 Å². The molecule has 0 unspecified atom stereocenters. The molecule has 4 nitrogen and oxygen atoms in total. The summed E-state index contributed by atoms with van der Waals surface area (Å²) in [5, 5.41) is 6.87. The van der Waals surface area contributed by atoms with E-state index in [9.17, 15) is 9.18 Å². The zero-order chi connectivity index (χ0) is 17.0. The fraction of sp³-hybridized carbons (Fsp3) is 0.529. The van der Waals surface area contributed by atoms with Crippen molar-refractivity contribution in [3.63, 3.8) is 0 Å². The Bertz CT molecular complexity index is 574. The summed E-state index contributed by atoms with van der Waals surface area (Å²) in [6, 6.07) is 6.13. The fourth-order valence-corrected chi connectivity index (χ4v) is 3.50. The largest absolute Gasteiger partial charge is 0.358 e. The Balaban J connectivity index is 1.77. The van der Waals surface area contributed by atoms with E-state index in [2.05, 4.69) is 36.3 Å². The molecule has 6 heteroatoms. The Morgan fingerprint density at radius 2 is 2.09 bits per heavy atom. The van der Waals surface area contributed by atoms with Crippen LogP contribution >= 0.6 is 12.2 Å². The zero-order valence-corrected chi connectivity index (χ0v) is 14.7. The number of rotatable bonds is 5. The highest BCUT2D eigenvalue weighted by Crippen LogP contribution is 2.22. The van der Waals surface area contributed by atoms with Gasteiger partial charge in [-0.25, -0.2) is 4.39 Å². The molecule has 23 heavy (non-hydrogen) atoms. The van der Waals surface area contributed by atoms with Gasteiger partial charge in [0.1, 0.15) is 5.82 Å². The lowest BCUT2D eigenvalue weighted by molar-refractivity contribution is -0.116. The lowest BCUT2D eigenvalue weighted by atomic mass is 9.93. The van der Waals surface area contributed by atoms with Crippen molar-refractivity contribution in [3.8, 4) is 0 Å². The van der Waals surface area contributed by atoms with Crippen molar-refractivity contribution in [2.24, 2.45) is 0 Å². The van der Waals surface area contributed by atoms with Gasteiger partial charge in [-0.15, -0.1) is 0 Å². The second kappa shape index (κ2) is 7.25. The average molecular weight is 337 g/mol. The number of thiocarbonyl (C=S) groups is 1. The topological polar surface area (TPSA) is 44.4 Å². The smallest absolute Gasteiger partial charge is 0.224 e. The van der Waals surface area contributed by atoms with Crippen LogP contribution in [0.3, 0.4) is 0 Å². The molecule has 1 aromatic carbocycles. The van der Waals surface area contributed by atoms with E-state index in [1.807, 2.05) is 0 Å². The predicted molar refractivity (Wildman–Crippen MR) is 94.9 cm³/mol. The Kier molecular flexibility index (Phi) is 5.57. The van der Waals surface area contributed by atoms with E-state index in [1.54, 1.807) is 12.1 Å². The van der Waals surface area contributed by atoms with E-state index in [0.717, 1.165) is 24.5 Å². The van der Waals surface area contributed by atoms with Crippen LogP contribution in [0.1, 0.15) is 40.0 Å². The van der Waals surface area contributed by atoms with Gasteiger partial charge in [0.2, 0.25) is 5.91 Å². The molecule has 1 aliphatic heterocycles. The van der Waals surface area contributed by atoms with Crippen molar-refractivity contribution < 1.29 is 9.18 Å². The molecule has 126 valence electrons. The van der Waals surface area contributed by atoms with Gasteiger partial charge in [-0.05, 0) is 70.1 Å². The van der Waals surface area contributed by atoms with E-state index in [0.29, 0.717) is 18.2 Å². The number of benzene rings is 1. The number of carbonyl (C=O) groups excluding carboxylic acids is 1. The van der Waals surface area contributed by atoms with Crippen LogP contribution in [0.15, 0.2) is 24.3 Å². The fourth-order valence-electron chi connectivity index (χ4n) is 2.95. The second-order valence-electron chi connectivity index (χ2n) is 6.72. The maximum Gasteiger partial charge on any atom is 0.224 e. The number of nitrogens with zero attached hydrogens (tertiary/aromatic N) is 1. The second-order valence-corrected chi connectivity index (χ2v) is 7.11. The molecular weight excluding hydrogens is 313 g/mol. The van der Waals surface area contributed by atoms with Crippen LogP contribution in [-0.4, -0.2) is 34.0 Å². The monoisotopic (exact) mass is 337 g/mol. The van der Waals surface area contributed by atoms with E-state index in [1.165, 1.54) is 12.1 Å². The summed E-state index contributed by atoms with van der Waals surface area (Å²) in [5.74, 6) is -0.383. The molecule has 2 N–H and O–H groups in total. The lowest BCUT2D eigenvalue weighted by Gasteiger charge is -2.44. The molecule has 1 fully saturated rings. The van der Waals surface area contributed by atoms with Gasteiger partial charge in [-0.1, -0.05) is 0 Å². The van der Waals surface area contributed by atoms with Gasteiger partial charge in [-0.3, -0.25) is 4.79 Å². The molecular formula is C17H24FN3OS. The first-order valence-electron chi connectivity index (χ1n) is 7.91. The van der Waals surface area contributed by atoms with E-state index >= 15 is 0 Å². The normalized spacial score (nSPS) is 20.1. The van der Waals surface area contributed by atoms with Crippen LogP contribution in [0.2, 0.25) is 0 Å².